The highest BCUT2D eigenvalue weighted by molar-refractivity contribution is 6.07. The molecule has 0 spiro atoms. The fourth-order valence-corrected chi connectivity index (χ4v) is 2.59. The minimum absolute atomic E-state index is 0.0545. The van der Waals surface area contributed by atoms with Crippen molar-refractivity contribution in [1.29, 1.82) is 0 Å². The standard InChI is InChI=1S/C15H18N2O3/c1-9-7-11(20-2)5-6-12(9)16-13-8-14(18)17(15(13)19)10-3-4-10/h5-7,10,13,16H,3-4,8H2,1-2H3. The van der Waals surface area contributed by atoms with Crippen LogP contribution in [-0.2, 0) is 9.59 Å². The van der Waals surface area contributed by atoms with Crippen LogP contribution >= 0.6 is 0 Å². The lowest BCUT2D eigenvalue weighted by Crippen LogP contribution is -2.36. The Morgan fingerprint density at radius 1 is 1.30 bits per heavy atom. The molecular weight excluding hydrogens is 256 g/mol. The molecule has 0 aromatic heterocycles. The van der Waals surface area contributed by atoms with Crippen molar-refractivity contribution < 1.29 is 14.3 Å². The molecule has 1 heterocycles. The number of carbonyl (C=O) groups excluding carboxylic acids is 2. The molecule has 5 nitrogen and oxygen atoms in total. The second-order valence-electron chi connectivity index (χ2n) is 5.42. The Hall–Kier alpha value is -2.04. The molecule has 1 aliphatic carbocycles. The van der Waals surface area contributed by atoms with Gasteiger partial charge in [0, 0.05) is 11.7 Å². The Labute approximate surface area is 117 Å². The van der Waals surface area contributed by atoms with Crippen LogP contribution in [0.5, 0.6) is 5.75 Å². The summed E-state index contributed by atoms with van der Waals surface area (Å²) in [5.41, 5.74) is 1.86. The summed E-state index contributed by atoms with van der Waals surface area (Å²) in [5, 5.41) is 3.19. The first kappa shape index (κ1) is 13.0. The number of likely N-dealkylation sites (tertiary alicyclic amines) is 1. The number of imide groups is 1. The van der Waals surface area contributed by atoms with E-state index < -0.39 is 6.04 Å². The quantitative estimate of drug-likeness (QED) is 0.849. The van der Waals surface area contributed by atoms with Crippen LogP contribution in [-0.4, -0.2) is 35.9 Å². The zero-order valence-corrected chi connectivity index (χ0v) is 11.7. The van der Waals surface area contributed by atoms with Crippen molar-refractivity contribution in [3.63, 3.8) is 0 Å². The highest BCUT2D eigenvalue weighted by Crippen LogP contribution is 2.32. The maximum Gasteiger partial charge on any atom is 0.252 e. The van der Waals surface area contributed by atoms with Crippen molar-refractivity contribution in [3.8, 4) is 5.75 Å². The average molecular weight is 274 g/mol. The largest absolute Gasteiger partial charge is 0.497 e. The van der Waals surface area contributed by atoms with E-state index in [4.69, 9.17) is 4.74 Å². The third kappa shape index (κ3) is 2.24. The first-order valence-corrected chi connectivity index (χ1v) is 6.87. The van der Waals surface area contributed by atoms with Gasteiger partial charge in [0.05, 0.1) is 13.5 Å². The number of nitrogens with one attached hydrogen (secondary N) is 1. The van der Waals surface area contributed by atoms with Crippen molar-refractivity contribution in [3.05, 3.63) is 23.8 Å². The molecule has 1 aromatic carbocycles. The van der Waals surface area contributed by atoms with Gasteiger partial charge in [0.15, 0.2) is 0 Å². The van der Waals surface area contributed by atoms with Crippen molar-refractivity contribution in [2.24, 2.45) is 0 Å². The molecular formula is C15H18N2O3. The number of aryl methyl sites for hydroxylation is 1. The third-order valence-electron chi connectivity index (χ3n) is 3.86. The van der Waals surface area contributed by atoms with E-state index in [1.165, 1.54) is 4.90 Å². The summed E-state index contributed by atoms with van der Waals surface area (Å²) in [6, 6.07) is 5.34. The van der Waals surface area contributed by atoms with Crippen LogP contribution in [0.4, 0.5) is 5.69 Å². The summed E-state index contributed by atoms with van der Waals surface area (Å²) in [6.45, 7) is 1.95. The number of hydrogen-bond donors (Lipinski definition) is 1. The number of anilines is 1. The lowest BCUT2D eigenvalue weighted by atomic mass is 10.1. The Morgan fingerprint density at radius 2 is 2.05 bits per heavy atom. The van der Waals surface area contributed by atoms with E-state index in [0.29, 0.717) is 0 Å². The van der Waals surface area contributed by atoms with Crippen molar-refractivity contribution in [2.75, 3.05) is 12.4 Å². The molecule has 1 saturated carbocycles. The molecule has 1 unspecified atom stereocenters. The van der Waals surface area contributed by atoms with Gasteiger partial charge in [-0.05, 0) is 43.5 Å². The smallest absolute Gasteiger partial charge is 0.252 e. The van der Waals surface area contributed by atoms with Gasteiger partial charge in [-0.2, -0.15) is 0 Å². The Bertz CT molecular complexity index is 566. The summed E-state index contributed by atoms with van der Waals surface area (Å²) >= 11 is 0. The first-order chi connectivity index (χ1) is 9.60. The highest BCUT2D eigenvalue weighted by Gasteiger charge is 2.46. The van der Waals surface area contributed by atoms with E-state index >= 15 is 0 Å². The van der Waals surface area contributed by atoms with E-state index in [2.05, 4.69) is 5.32 Å². The molecule has 5 heteroatoms. The molecule has 2 amide bonds. The van der Waals surface area contributed by atoms with Crippen molar-refractivity contribution >= 4 is 17.5 Å². The van der Waals surface area contributed by atoms with Gasteiger partial charge in [0.25, 0.3) is 5.91 Å². The average Bonchev–Trinajstić information content (AvgIpc) is 3.20. The topological polar surface area (TPSA) is 58.6 Å². The maximum absolute atomic E-state index is 12.3. The summed E-state index contributed by atoms with van der Waals surface area (Å²) in [5.74, 6) is 0.635. The summed E-state index contributed by atoms with van der Waals surface area (Å²) in [4.78, 5) is 25.6. The van der Waals surface area contributed by atoms with E-state index in [1.807, 2.05) is 25.1 Å². The van der Waals surface area contributed by atoms with E-state index in [0.717, 1.165) is 29.8 Å². The van der Waals surface area contributed by atoms with Crippen LogP contribution in [0.3, 0.4) is 0 Å². The molecule has 1 saturated heterocycles. The number of amides is 2. The van der Waals surface area contributed by atoms with E-state index in [9.17, 15) is 9.59 Å². The first-order valence-electron chi connectivity index (χ1n) is 6.87. The van der Waals surface area contributed by atoms with Crippen LogP contribution in [0.1, 0.15) is 24.8 Å². The third-order valence-corrected chi connectivity index (χ3v) is 3.86. The zero-order chi connectivity index (χ0) is 14.3. The summed E-state index contributed by atoms with van der Waals surface area (Å²) in [6.07, 6.45) is 2.15. The van der Waals surface area contributed by atoms with Gasteiger partial charge in [-0.3, -0.25) is 14.5 Å². The van der Waals surface area contributed by atoms with Crippen LogP contribution in [0.2, 0.25) is 0 Å². The fraction of sp³-hybridized carbons (Fsp3) is 0.467. The molecule has 1 aliphatic heterocycles. The molecule has 1 atom stereocenters. The lowest BCUT2D eigenvalue weighted by Gasteiger charge is -2.16. The van der Waals surface area contributed by atoms with E-state index in [-0.39, 0.29) is 24.3 Å². The van der Waals surface area contributed by atoms with Crippen molar-refractivity contribution in [2.45, 2.75) is 38.3 Å². The number of methoxy groups -OCH3 is 1. The van der Waals surface area contributed by atoms with Crippen LogP contribution < -0.4 is 10.1 Å². The molecule has 3 rings (SSSR count). The summed E-state index contributed by atoms with van der Waals surface area (Å²) in [7, 11) is 1.62. The van der Waals surface area contributed by atoms with Gasteiger partial charge >= 0.3 is 0 Å². The van der Waals surface area contributed by atoms with Gasteiger partial charge in [-0.25, -0.2) is 0 Å². The molecule has 2 fully saturated rings. The van der Waals surface area contributed by atoms with Crippen LogP contribution in [0, 0.1) is 6.92 Å². The Balaban J connectivity index is 1.75. The van der Waals surface area contributed by atoms with Crippen molar-refractivity contribution in [1.82, 2.24) is 4.90 Å². The monoisotopic (exact) mass is 274 g/mol. The minimum Gasteiger partial charge on any atom is -0.497 e. The van der Waals surface area contributed by atoms with Gasteiger partial charge in [0.2, 0.25) is 5.91 Å². The van der Waals surface area contributed by atoms with Gasteiger partial charge in [-0.15, -0.1) is 0 Å². The maximum atomic E-state index is 12.3. The Morgan fingerprint density at radius 3 is 2.65 bits per heavy atom. The molecule has 0 radical (unpaired) electrons. The minimum atomic E-state index is -0.435. The summed E-state index contributed by atoms with van der Waals surface area (Å²) < 4.78 is 5.16. The Kier molecular flexibility index (Phi) is 3.12. The number of benzene rings is 1. The zero-order valence-electron chi connectivity index (χ0n) is 11.7. The lowest BCUT2D eigenvalue weighted by molar-refractivity contribution is -0.139. The SMILES string of the molecule is COc1ccc(NC2CC(=O)N(C3CC3)C2=O)c(C)c1. The predicted octanol–water partition coefficient (Wildman–Crippen LogP) is 1.71. The molecule has 106 valence electrons. The number of rotatable bonds is 4. The van der Waals surface area contributed by atoms with Crippen LogP contribution in [0.15, 0.2) is 18.2 Å². The number of nitrogens with zero attached hydrogens (tertiary/aromatic N) is 1. The molecule has 0 bridgehead atoms. The highest BCUT2D eigenvalue weighted by atomic mass is 16.5. The number of ether oxygens (including phenoxy) is 1. The molecule has 1 N–H and O–H groups in total. The molecule has 1 aromatic rings. The second kappa shape index (κ2) is 4.81. The molecule has 20 heavy (non-hydrogen) atoms. The number of hydrogen-bond acceptors (Lipinski definition) is 4. The van der Waals surface area contributed by atoms with E-state index in [1.54, 1.807) is 7.11 Å². The number of carbonyl (C=O) groups is 2. The molecule has 2 aliphatic rings. The predicted molar refractivity (Wildman–Crippen MR) is 74.6 cm³/mol. The van der Waals surface area contributed by atoms with Crippen LogP contribution in [0.25, 0.3) is 0 Å². The fourth-order valence-electron chi connectivity index (χ4n) is 2.59. The van der Waals surface area contributed by atoms with Gasteiger partial charge in [0.1, 0.15) is 11.8 Å². The van der Waals surface area contributed by atoms with Gasteiger partial charge < -0.3 is 10.1 Å². The second-order valence-corrected chi connectivity index (χ2v) is 5.42. The van der Waals surface area contributed by atoms with Gasteiger partial charge in [-0.1, -0.05) is 0 Å². The normalized spacial score (nSPS) is 22.3.